The lowest BCUT2D eigenvalue weighted by molar-refractivity contribution is -0.307. The Balaban J connectivity index is 1.55. The molecule has 1 saturated carbocycles. The highest BCUT2D eigenvalue weighted by Crippen LogP contribution is 2.47. The lowest BCUT2D eigenvalue weighted by atomic mass is 9.86. The Morgan fingerprint density at radius 3 is 2.52 bits per heavy atom. The number of benzene rings is 2. The van der Waals surface area contributed by atoms with Crippen LogP contribution in [0.3, 0.4) is 0 Å². The van der Waals surface area contributed by atoms with E-state index in [1.54, 1.807) is 24.3 Å². The highest BCUT2D eigenvalue weighted by Gasteiger charge is 2.44. The zero-order chi connectivity index (χ0) is 21.0. The molecule has 29 heavy (non-hydrogen) atoms. The van der Waals surface area contributed by atoms with Gasteiger partial charge in [0.15, 0.2) is 0 Å². The summed E-state index contributed by atoms with van der Waals surface area (Å²) in [6.45, 7) is 5.98. The third-order valence-electron chi connectivity index (χ3n) is 4.97. The number of rotatable bonds is 7. The summed E-state index contributed by atoms with van der Waals surface area (Å²) >= 11 is 0. The van der Waals surface area contributed by atoms with Crippen molar-refractivity contribution in [3.8, 4) is 5.75 Å². The number of ether oxygens (including phenoxy) is 1. The molecule has 1 amide bonds. The first-order valence-electron chi connectivity index (χ1n) is 9.61. The molecular formula is C23H25N2O4-. The summed E-state index contributed by atoms with van der Waals surface area (Å²) in [6, 6.07) is 15.3. The van der Waals surface area contributed by atoms with Gasteiger partial charge in [-0.15, -0.1) is 0 Å². The molecule has 0 unspecified atom stereocenters. The van der Waals surface area contributed by atoms with Gasteiger partial charge >= 0.3 is 0 Å². The van der Waals surface area contributed by atoms with E-state index in [-0.39, 0.29) is 23.2 Å². The van der Waals surface area contributed by atoms with Gasteiger partial charge in [0.1, 0.15) is 12.4 Å². The fourth-order valence-corrected chi connectivity index (χ4v) is 3.19. The van der Waals surface area contributed by atoms with Crippen LogP contribution in [0.1, 0.15) is 49.8 Å². The van der Waals surface area contributed by atoms with Crippen LogP contribution in [0.2, 0.25) is 0 Å². The molecule has 0 aliphatic heterocycles. The second-order valence-electron chi connectivity index (χ2n) is 8.25. The van der Waals surface area contributed by atoms with Crippen LogP contribution in [0, 0.1) is 5.92 Å². The number of para-hydroxylation sites is 1. The smallest absolute Gasteiger partial charge is 0.243 e. The van der Waals surface area contributed by atoms with Crippen LogP contribution in [-0.2, 0) is 15.0 Å². The van der Waals surface area contributed by atoms with Gasteiger partial charge in [0.2, 0.25) is 5.91 Å². The van der Waals surface area contributed by atoms with E-state index in [1.807, 2.05) is 0 Å². The molecule has 0 bridgehead atoms. The summed E-state index contributed by atoms with van der Waals surface area (Å²) in [6.07, 6.45) is 2.25. The number of amides is 1. The van der Waals surface area contributed by atoms with Crippen LogP contribution in [0.15, 0.2) is 53.6 Å². The third kappa shape index (κ3) is 5.44. The number of nitrogens with one attached hydrogen (secondary N) is 1. The van der Waals surface area contributed by atoms with Crippen molar-refractivity contribution in [2.24, 2.45) is 11.0 Å². The molecule has 152 valence electrons. The number of hydrogen-bond donors (Lipinski definition) is 1. The lowest BCUT2D eigenvalue weighted by Gasteiger charge is -2.19. The largest absolute Gasteiger partial charge is 0.546 e. The zero-order valence-corrected chi connectivity index (χ0v) is 16.8. The summed E-state index contributed by atoms with van der Waals surface area (Å²) in [5.41, 5.74) is 5.68. The van der Waals surface area contributed by atoms with E-state index in [1.165, 1.54) is 17.3 Å². The van der Waals surface area contributed by atoms with Crippen LogP contribution in [0.5, 0.6) is 5.75 Å². The zero-order valence-electron chi connectivity index (χ0n) is 16.8. The second-order valence-corrected chi connectivity index (χ2v) is 8.25. The van der Waals surface area contributed by atoms with Crippen LogP contribution < -0.4 is 15.3 Å². The van der Waals surface area contributed by atoms with Crippen molar-refractivity contribution >= 4 is 18.1 Å². The normalized spacial score (nSPS) is 18.4. The monoisotopic (exact) mass is 393 g/mol. The summed E-state index contributed by atoms with van der Waals surface area (Å²) in [5.74, 6) is -0.937. The van der Waals surface area contributed by atoms with Gasteiger partial charge in [-0.05, 0) is 41.0 Å². The summed E-state index contributed by atoms with van der Waals surface area (Å²) in [5, 5.41) is 14.6. The first-order chi connectivity index (χ1) is 13.8. The summed E-state index contributed by atoms with van der Waals surface area (Å²) < 4.78 is 5.16. The van der Waals surface area contributed by atoms with Crippen LogP contribution in [0.25, 0.3) is 0 Å². The van der Waals surface area contributed by atoms with E-state index in [4.69, 9.17) is 4.74 Å². The Kier molecular flexibility index (Phi) is 6.01. The van der Waals surface area contributed by atoms with Gasteiger partial charge in [-0.1, -0.05) is 57.2 Å². The van der Waals surface area contributed by atoms with Crippen molar-refractivity contribution in [2.75, 3.05) is 6.61 Å². The van der Waals surface area contributed by atoms with Gasteiger partial charge in [0, 0.05) is 11.5 Å². The summed E-state index contributed by atoms with van der Waals surface area (Å²) in [4.78, 5) is 22.9. The molecule has 1 N–H and O–H groups in total. The van der Waals surface area contributed by atoms with Crippen molar-refractivity contribution in [3.05, 3.63) is 65.2 Å². The van der Waals surface area contributed by atoms with Gasteiger partial charge in [-0.3, -0.25) is 4.79 Å². The highest BCUT2D eigenvalue weighted by molar-refractivity contribution is 5.87. The fraction of sp³-hybridized carbons (Fsp3) is 0.348. The Hall–Kier alpha value is -3.15. The van der Waals surface area contributed by atoms with Crippen molar-refractivity contribution in [1.29, 1.82) is 0 Å². The quantitative estimate of drug-likeness (QED) is 0.578. The van der Waals surface area contributed by atoms with E-state index >= 15 is 0 Å². The molecule has 2 aromatic rings. The first kappa shape index (κ1) is 20.6. The maximum absolute atomic E-state index is 12.4. The molecule has 6 nitrogen and oxygen atoms in total. The van der Waals surface area contributed by atoms with Crippen LogP contribution >= 0.6 is 0 Å². The molecule has 3 rings (SSSR count). The number of aliphatic carboxylic acids is 1. The van der Waals surface area contributed by atoms with Crippen molar-refractivity contribution in [3.63, 3.8) is 0 Å². The molecule has 1 aliphatic carbocycles. The Morgan fingerprint density at radius 1 is 1.17 bits per heavy atom. The van der Waals surface area contributed by atoms with Gasteiger partial charge in [0.05, 0.1) is 12.2 Å². The number of hydrogen-bond acceptors (Lipinski definition) is 5. The van der Waals surface area contributed by atoms with E-state index in [9.17, 15) is 14.7 Å². The topological polar surface area (TPSA) is 90.8 Å². The molecule has 0 heterocycles. The second kappa shape index (κ2) is 8.47. The molecule has 0 saturated heterocycles. The number of carboxylic acid groups (broad SMARTS) is 1. The predicted molar refractivity (Wildman–Crippen MR) is 109 cm³/mol. The predicted octanol–water partition coefficient (Wildman–Crippen LogP) is 2.37. The number of hydrazone groups is 1. The van der Waals surface area contributed by atoms with E-state index in [0.29, 0.717) is 11.3 Å². The molecule has 6 heteroatoms. The van der Waals surface area contributed by atoms with E-state index in [0.717, 1.165) is 6.42 Å². The van der Waals surface area contributed by atoms with Crippen molar-refractivity contribution in [2.45, 2.75) is 38.5 Å². The number of carbonyl (C=O) groups is 2. The van der Waals surface area contributed by atoms with E-state index in [2.05, 4.69) is 55.6 Å². The Bertz CT molecular complexity index is 913. The molecule has 2 aromatic carbocycles. The first-order valence-corrected chi connectivity index (χ1v) is 9.61. The average Bonchev–Trinajstić information content (AvgIpc) is 3.47. The Morgan fingerprint density at radius 2 is 1.86 bits per heavy atom. The standard InChI is InChI=1S/C23H26N2O4/c1-23(2,3)17-10-8-15(9-11-17)18-12-19(18)22(28)25-24-13-16-6-4-5-7-20(16)29-14-21(26)27/h4-11,13,18-19H,12,14H2,1-3H3,(H,25,28)(H,26,27)/p-1/b24-13+/t18-,19-/m1/s1. The van der Waals surface area contributed by atoms with Crippen LogP contribution in [0.4, 0.5) is 0 Å². The van der Waals surface area contributed by atoms with Crippen molar-refractivity contribution in [1.82, 2.24) is 5.43 Å². The molecule has 1 aliphatic rings. The molecule has 0 aromatic heterocycles. The fourth-order valence-electron chi connectivity index (χ4n) is 3.19. The minimum atomic E-state index is -1.31. The van der Waals surface area contributed by atoms with Gasteiger partial charge < -0.3 is 14.6 Å². The maximum Gasteiger partial charge on any atom is 0.243 e. The SMILES string of the molecule is CC(C)(C)c1ccc([C@H]2C[C@H]2C(=O)N/N=C/c2ccccc2OCC(=O)[O-])cc1. The minimum absolute atomic E-state index is 0.0859. The minimum Gasteiger partial charge on any atom is -0.546 e. The molecule has 1 fully saturated rings. The molecule has 0 spiro atoms. The highest BCUT2D eigenvalue weighted by atomic mass is 16.5. The van der Waals surface area contributed by atoms with Gasteiger partial charge in [-0.2, -0.15) is 5.10 Å². The molecule has 0 radical (unpaired) electrons. The van der Waals surface area contributed by atoms with Crippen LogP contribution in [-0.4, -0.2) is 24.7 Å². The molecule has 2 atom stereocenters. The number of carbonyl (C=O) groups excluding carboxylic acids is 2. The maximum atomic E-state index is 12.4. The third-order valence-corrected chi connectivity index (χ3v) is 4.97. The van der Waals surface area contributed by atoms with Crippen molar-refractivity contribution < 1.29 is 19.4 Å². The average molecular weight is 393 g/mol. The van der Waals surface area contributed by atoms with Gasteiger partial charge in [-0.25, -0.2) is 5.43 Å². The number of carboxylic acids is 1. The summed E-state index contributed by atoms with van der Waals surface area (Å²) in [7, 11) is 0. The van der Waals surface area contributed by atoms with Gasteiger partial charge in [0.25, 0.3) is 0 Å². The number of nitrogens with zero attached hydrogens (tertiary/aromatic N) is 1. The van der Waals surface area contributed by atoms with E-state index < -0.39 is 12.6 Å². The lowest BCUT2D eigenvalue weighted by Crippen LogP contribution is -2.29. The Labute approximate surface area is 170 Å². The molecular weight excluding hydrogens is 368 g/mol.